The molecule has 0 radical (unpaired) electrons. The van der Waals surface area contributed by atoms with Gasteiger partial charge in [-0.3, -0.25) is 0 Å². The fourth-order valence-corrected chi connectivity index (χ4v) is 3.02. The number of morpholine rings is 1. The summed E-state index contributed by atoms with van der Waals surface area (Å²) < 4.78 is 5.98. The van der Waals surface area contributed by atoms with Crippen molar-refractivity contribution in [3.8, 4) is 0 Å². The van der Waals surface area contributed by atoms with E-state index in [4.69, 9.17) is 4.74 Å². The van der Waals surface area contributed by atoms with Gasteiger partial charge in [0.2, 0.25) is 0 Å². The lowest BCUT2D eigenvalue weighted by Gasteiger charge is -2.43. The third-order valence-electron chi connectivity index (χ3n) is 3.55. The monoisotopic (exact) mass is 262 g/mol. The zero-order valence-corrected chi connectivity index (χ0v) is 12.8. The highest BCUT2D eigenvalue weighted by atomic mass is 16.5. The van der Waals surface area contributed by atoms with Crippen molar-refractivity contribution < 1.29 is 4.74 Å². The molecule has 1 atom stereocenters. The Morgan fingerprint density at radius 1 is 1.42 bits per heavy atom. The van der Waals surface area contributed by atoms with E-state index in [0.29, 0.717) is 0 Å². The molecule has 2 rings (SSSR count). The van der Waals surface area contributed by atoms with Gasteiger partial charge in [0.05, 0.1) is 11.7 Å². The molecule has 0 spiro atoms. The van der Waals surface area contributed by atoms with E-state index in [2.05, 4.69) is 56.1 Å². The van der Waals surface area contributed by atoms with Crippen LogP contribution in [0, 0.1) is 6.92 Å². The molecule has 3 nitrogen and oxygen atoms in total. The van der Waals surface area contributed by atoms with Crippen LogP contribution in [-0.2, 0) is 11.3 Å². The third kappa shape index (κ3) is 3.48. The molecule has 106 valence electrons. The summed E-state index contributed by atoms with van der Waals surface area (Å²) in [4.78, 5) is 2.45. The van der Waals surface area contributed by atoms with Crippen molar-refractivity contribution >= 4 is 5.69 Å². The van der Waals surface area contributed by atoms with Gasteiger partial charge in [-0.15, -0.1) is 0 Å². The van der Waals surface area contributed by atoms with Crippen molar-refractivity contribution in [1.29, 1.82) is 0 Å². The predicted octanol–water partition coefficient (Wildman–Crippen LogP) is 2.72. The van der Waals surface area contributed by atoms with Crippen LogP contribution in [0.1, 0.15) is 31.9 Å². The molecule has 0 aliphatic carbocycles. The van der Waals surface area contributed by atoms with Gasteiger partial charge in [-0.2, -0.15) is 0 Å². The molecule has 1 saturated heterocycles. The second kappa shape index (κ2) is 5.51. The fourth-order valence-electron chi connectivity index (χ4n) is 3.02. The van der Waals surface area contributed by atoms with Crippen molar-refractivity contribution in [2.75, 3.05) is 25.0 Å². The largest absolute Gasteiger partial charge is 0.369 e. The average molecular weight is 262 g/mol. The van der Waals surface area contributed by atoms with Crippen LogP contribution in [-0.4, -0.2) is 31.8 Å². The highest BCUT2D eigenvalue weighted by Gasteiger charge is 2.31. The smallest absolute Gasteiger partial charge is 0.0805 e. The van der Waals surface area contributed by atoms with Crippen LogP contribution in [0.4, 0.5) is 5.69 Å². The molecule has 3 heteroatoms. The van der Waals surface area contributed by atoms with Crippen LogP contribution in [0.3, 0.4) is 0 Å². The Morgan fingerprint density at radius 3 is 2.74 bits per heavy atom. The van der Waals surface area contributed by atoms with Gasteiger partial charge in [0.1, 0.15) is 0 Å². The second-order valence-corrected chi connectivity index (χ2v) is 6.22. The summed E-state index contributed by atoms with van der Waals surface area (Å²) in [6, 6.07) is 6.74. The Bertz CT molecular complexity index is 442. The van der Waals surface area contributed by atoms with Gasteiger partial charge >= 0.3 is 0 Å². The van der Waals surface area contributed by atoms with Gasteiger partial charge in [0, 0.05) is 25.3 Å². The molecular formula is C16H26N2O. The van der Waals surface area contributed by atoms with Crippen LogP contribution in [0.5, 0.6) is 0 Å². The summed E-state index contributed by atoms with van der Waals surface area (Å²) in [6.07, 6.45) is 0.278. The topological polar surface area (TPSA) is 24.5 Å². The van der Waals surface area contributed by atoms with E-state index in [0.717, 1.165) is 19.6 Å². The average Bonchev–Trinajstić information content (AvgIpc) is 2.26. The third-order valence-corrected chi connectivity index (χ3v) is 3.55. The Hall–Kier alpha value is -1.06. The number of anilines is 1. The van der Waals surface area contributed by atoms with Crippen molar-refractivity contribution in [2.45, 2.75) is 45.9 Å². The first-order valence-electron chi connectivity index (χ1n) is 7.08. The van der Waals surface area contributed by atoms with Crippen LogP contribution in [0.25, 0.3) is 0 Å². The molecular weight excluding hydrogens is 236 g/mol. The normalized spacial score (nSPS) is 22.6. The van der Waals surface area contributed by atoms with E-state index in [1.54, 1.807) is 0 Å². The minimum atomic E-state index is -0.0756. The summed E-state index contributed by atoms with van der Waals surface area (Å²) in [5.41, 5.74) is 3.94. The van der Waals surface area contributed by atoms with E-state index in [9.17, 15) is 0 Å². The number of rotatable bonds is 3. The molecule has 1 N–H and O–H groups in total. The number of nitrogens with zero attached hydrogens (tertiary/aromatic N) is 1. The number of nitrogens with one attached hydrogen (secondary N) is 1. The summed E-state index contributed by atoms with van der Waals surface area (Å²) in [5, 5.41) is 3.20. The lowest BCUT2D eigenvalue weighted by atomic mass is 10.0. The van der Waals surface area contributed by atoms with Crippen molar-refractivity contribution in [2.24, 2.45) is 0 Å². The van der Waals surface area contributed by atoms with Gasteiger partial charge in [-0.25, -0.2) is 0 Å². The maximum absolute atomic E-state index is 5.98. The number of hydrogen-bond acceptors (Lipinski definition) is 3. The summed E-state index contributed by atoms with van der Waals surface area (Å²) in [7, 11) is 1.98. The number of ether oxygens (including phenoxy) is 1. The van der Waals surface area contributed by atoms with Gasteiger partial charge in [0.25, 0.3) is 0 Å². The Morgan fingerprint density at radius 2 is 2.16 bits per heavy atom. The highest BCUT2D eigenvalue weighted by molar-refractivity contribution is 5.55. The maximum Gasteiger partial charge on any atom is 0.0805 e. The summed E-state index contributed by atoms with van der Waals surface area (Å²) >= 11 is 0. The molecule has 1 aromatic rings. The van der Waals surface area contributed by atoms with Gasteiger partial charge in [-0.05, 0) is 51.9 Å². The minimum Gasteiger partial charge on any atom is -0.369 e. The SMILES string of the molecule is CNCc1ccc(N2CC(C)OC(C)(C)C2)c(C)c1. The number of hydrogen-bond donors (Lipinski definition) is 1. The van der Waals surface area contributed by atoms with E-state index in [1.165, 1.54) is 16.8 Å². The zero-order chi connectivity index (χ0) is 14.0. The van der Waals surface area contributed by atoms with E-state index < -0.39 is 0 Å². The first kappa shape index (κ1) is 14.4. The first-order valence-corrected chi connectivity index (χ1v) is 7.08. The zero-order valence-electron chi connectivity index (χ0n) is 12.8. The molecule has 19 heavy (non-hydrogen) atoms. The quantitative estimate of drug-likeness (QED) is 0.906. The molecule has 1 aliphatic heterocycles. The highest BCUT2D eigenvalue weighted by Crippen LogP contribution is 2.28. The van der Waals surface area contributed by atoms with Crippen molar-refractivity contribution in [3.05, 3.63) is 29.3 Å². The van der Waals surface area contributed by atoms with Crippen molar-refractivity contribution in [3.63, 3.8) is 0 Å². The standard InChI is InChI=1S/C16H26N2O/c1-12-8-14(9-17-5)6-7-15(12)18-10-13(2)19-16(3,4)11-18/h6-8,13,17H,9-11H2,1-5H3. The molecule has 0 bridgehead atoms. The van der Waals surface area contributed by atoms with Gasteiger partial charge < -0.3 is 15.0 Å². The number of benzene rings is 1. The molecule has 0 saturated carbocycles. The van der Waals surface area contributed by atoms with Crippen LogP contribution in [0.2, 0.25) is 0 Å². The van der Waals surface area contributed by atoms with Crippen molar-refractivity contribution in [1.82, 2.24) is 5.32 Å². The van der Waals surface area contributed by atoms with Crippen LogP contribution >= 0.6 is 0 Å². The Kier molecular flexibility index (Phi) is 4.16. The van der Waals surface area contributed by atoms with Crippen LogP contribution < -0.4 is 10.2 Å². The van der Waals surface area contributed by atoms with E-state index in [-0.39, 0.29) is 11.7 Å². The lowest BCUT2D eigenvalue weighted by Crippen LogP contribution is -2.52. The van der Waals surface area contributed by atoms with E-state index in [1.807, 2.05) is 7.05 Å². The molecule has 1 aromatic carbocycles. The maximum atomic E-state index is 5.98. The predicted molar refractivity (Wildman–Crippen MR) is 80.8 cm³/mol. The second-order valence-electron chi connectivity index (χ2n) is 6.22. The first-order chi connectivity index (χ1) is 8.91. The Balaban J connectivity index is 2.21. The summed E-state index contributed by atoms with van der Waals surface area (Å²) in [5.74, 6) is 0. The van der Waals surface area contributed by atoms with Gasteiger partial charge in [0.15, 0.2) is 0 Å². The summed E-state index contributed by atoms with van der Waals surface area (Å²) in [6.45, 7) is 11.5. The van der Waals surface area contributed by atoms with E-state index >= 15 is 0 Å². The number of aryl methyl sites for hydroxylation is 1. The molecule has 0 amide bonds. The van der Waals surface area contributed by atoms with Gasteiger partial charge in [-0.1, -0.05) is 12.1 Å². The molecule has 1 fully saturated rings. The lowest BCUT2D eigenvalue weighted by molar-refractivity contribution is -0.0749. The van der Waals surface area contributed by atoms with Crippen LogP contribution in [0.15, 0.2) is 18.2 Å². The molecule has 1 heterocycles. The molecule has 1 unspecified atom stereocenters. The fraction of sp³-hybridized carbons (Fsp3) is 0.625. The molecule has 1 aliphatic rings. The molecule has 0 aromatic heterocycles. The minimum absolute atomic E-state index is 0.0756. The Labute approximate surface area is 116 Å².